The Balaban J connectivity index is 0.00000196. The molecule has 26 heavy (non-hydrogen) atoms. The normalized spacial score (nSPS) is 20.1. The van der Waals surface area contributed by atoms with Crippen molar-refractivity contribution in [3.63, 3.8) is 0 Å². The molecule has 0 bridgehead atoms. The van der Waals surface area contributed by atoms with Crippen LogP contribution in [0.25, 0.3) is 0 Å². The minimum atomic E-state index is -0.0480. The summed E-state index contributed by atoms with van der Waals surface area (Å²) in [5, 5.41) is 7.47. The highest BCUT2D eigenvalue weighted by atomic mass is 35.5. The van der Waals surface area contributed by atoms with E-state index in [1.54, 1.807) is 6.20 Å². The number of aromatic nitrogens is 2. The lowest BCUT2D eigenvalue weighted by molar-refractivity contribution is 0.0631. The van der Waals surface area contributed by atoms with Crippen molar-refractivity contribution >= 4 is 18.3 Å². The smallest absolute Gasteiger partial charge is 0.276 e. The zero-order valence-electron chi connectivity index (χ0n) is 14.8. The third-order valence-electron chi connectivity index (χ3n) is 5.03. The Bertz CT molecular complexity index is 709. The molecule has 0 aromatic carbocycles. The highest BCUT2D eigenvalue weighted by Crippen LogP contribution is 2.40. The van der Waals surface area contributed by atoms with E-state index in [4.69, 9.17) is 4.52 Å². The largest absolute Gasteiger partial charge is 0.360 e. The molecule has 1 amide bonds. The van der Waals surface area contributed by atoms with Gasteiger partial charge in [0, 0.05) is 24.2 Å². The summed E-state index contributed by atoms with van der Waals surface area (Å²) in [6.45, 7) is 2.46. The van der Waals surface area contributed by atoms with Crippen molar-refractivity contribution in [2.24, 2.45) is 0 Å². The highest BCUT2D eigenvalue weighted by Gasteiger charge is 2.32. The number of hydrogen-bond donors (Lipinski definition) is 1. The van der Waals surface area contributed by atoms with Crippen LogP contribution in [0.2, 0.25) is 0 Å². The maximum Gasteiger partial charge on any atom is 0.276 e. The average molecular weight is 377 g/mol. The fourth-order valence-corrected chi connectivity index (χ4v) is 3.44. The molecule has 1 aliphatic heterocycles. The van der Waals surface area contributed by atoms with Crippen LogP contribution in [0, 0.1) is 0 Å². The summed E-state index contributed by atoms with van der Waals surface area (Å²) in [4.78, 5) is 19.5. The van der Waals surface area contributed by atoms with Crippen LogP contribution in [0.1, 0.15) is 60.0 Å². The van der Waals surface area contributed by atoms with Crippen LogP contribution in [0.3, 0.4) is 0 Å². The quantitative estimate of drug-likeness (QED) is 0.867. The number of nitrogens with one attached hydrogen (secondary N) is 1. The van der Waals surface area contributed by atoms with Crippen molar-refractivity contribution in [3.05, 3.63) is 47.6 Å². The van der Waals surface area contributed by atoms with Gasteiger partial charge in [-0.15, -0.1) is 12.4 Å². The van der Waals surface area contributed by atoms with Crippen LogP contribution in [-0.4, -0.2) is 40.1 Å². The molecule has 1 N–H and O–H groups in total. The molecule has 2 aromatic heterocycles. The number of amides is 1. The van der Waals surface area contributed by atoms with Crippen molar-refractivity contribution in [1.29, 1.82) is 0 Å². The van der Waals surface area contributed by atoms with E-state index >= 15 is 0 Å². The minimum absolute atomic E-state index is 0. The van der Waals surface area contributed by atoms with Crippen LogP contribution in [-0.2, 0) is 6.54 Å². The molecule has 0 radical (unpaired) electrons. The first-order chi connectivity index (χ1) is 12.3. The van der Waals surface area contributed by atoms with Crippen LogP contribution in [0.4, 0.5) is 0 Å². The van der Waals surface area contributed by atoms with Crippen molar-refractivity contribution in [2.45, 2.75) is 50.6 Å². The van der Waals surface area contributed by atoms with Gasteiger partial charge in [-0.3, -0.25) is 9.78 Å². The fourth-order valence-electron chi connectivity index (χ4n) is 3.44. The summed E-state index contributed by atoms with van der Waals surface area (Å²) >= 11 is 0. The van der Waals surface area contributed by atoms with Gasteiger partial charge in [0.25, 0.3) is 5.91 Å². The zero-order chi connectivity index (χ0) is 17.1. The van der Waals surface area contributed by atoms with Crippen molar-refractivity contribution < 1.29 is 9.32 Å². The molecular formula is C19H25ClN4O2. The van der Waals surface area contributed by atoms with Gasteiger partial charge in [0.05, 0.1) is 12.2 Å². The van der Waals surface area contributed by atoms with E-state index < -0.39 is 0 Å². The maximum absolute atomic E-state index is 13.2. The molecule has 140 valence electrons. The molecular weight excluding hydrogens is 352 g/mol. The van der Waals surface area contributed by atoms with Crippen molar-refractivity contribution in [3.8, 4) is 0 Å². The van der Waals surface area contributed by atoms with Gasteiger partial charge in [0.1, 0.15) is 5.76 Å². The third kappa shape index (κ3) is 4.43. The molecule has 3 heterocycles. The molecule has 1 saturated carbocycles. The molecule has 6 nitrogen and oxygen atoms in total. The SMILES string of the molecule is Cl.O=C(c1cc(C2CC2)on1)N(Cc1ccccn1)C1CCCNCC1. The van der Waals surface area contributed by atoms with E-state index in [2.05, 4.69) is 15.5 Å². The van der Waals surface area contributed by atoms with Gasteiger partial charge in [0.15, 0.2) is 5.69 Å². The van der Waals surface area contributed by atoms with Crippen LogP contribution in [0.5, 0.6) is 0 Å². The predicted octanol–water partition coefficient (Wildman–Crippen LogP) is 3.15. The summed E-state index contributed by atoms with van der Waals surface area (Å²) in [6, 6.07) is 7.85. The van der Waals surface area contributed by atoms with Gasteiger partial charge in [-0.2, -0.15) is 0 Å². The van der Waals surface area contributed by atoms with Gasteiger partial charge in [-0.1, -0.05) is 11.2 Å². The molecule has 1 aliphatic carbocycles. The number of rotatable bonds is 5. The first-order valence-corrected chi connectivity index (χ1v) is 9.19. The molecule has 4 rings (SSSR count). The molecule has 1 saturated heterocycles. The summed E-state index contributed by atoms with van der Waals surface area (Å²) in [5.41, 5.74) is 1.33. The van der Waals surface area contributed by atoms with Gasteiger partial charge in [0.2, 0.25) is 0 Å². The predicted molar refractivity (Wildman–Crippen MR) is 100 cm³/mol. The van der Waals surface area contributed by atoms with Crippen molar-refractivity contribution in [1.82, 2.24) is 20.4 Å². The second-order valence-corrected chi connectivity index (χ2v) is 6.98. The zero-order valence-corrected chi connectivity index (χ0v) is 15.6. The molecule has 2 fully saturated rings. The Kier molecular flexibility index (Phi) is 6.27. The Morgan fingerprint density at radius 2 is 2.12 bits per heavy atom. The maximum atomic E-state index is 13.2. The summed E-state index contributed by atoms with van der Waals surface area (Å²) in [5.74, 6) is 1.26. The first kappa shape index (κ1) is 18.9. The fraction of sp³-hybridized carbons (Fsp3) is 0.526. The third-order valence-corrected chi connectivity index (χ3v) is 5.03. The van der Waals surface area contributed by atoms with E-state index in [9.17, 15) is 4.79 Å². The Labute approximate surface area is 159 Å². The van der Waals surface area contributed by atoms with E-state index in [1.165, 1.54) is 0 Å². The number of carbonyl (C=O) groups is 1. The minimum Gasteiger partial charge on any atom is -0.360 e. The Hall–Kier alpha value is -1.92. The Morgan fingerprint density at radius 1 is 1.23 bits per heavy atom. The van der Waals surface area contributed by atoms with Crippen LogP contribution < -0.4 is 5.32 Å². The Morgan fingerprint density at radius 3 is 2.88 bits per heavy atom. The lowest BCUT2D eigenvalue weighted by Crippen LogP contribution is -2.40. The molecule has 0 spiro atoms. The number of halogens is 1. The second kappa shape index (κ2) is 8.64. The molecule has 2 aliphatic rings. The number of hydrogen-bond acceptors (Lipinski definition) is 5. The molecule has 1 unspecified atom stereocenters. The standard InChI is InChI=1S/C19H24N4O2.ClH/c24-19(17-12-18(25-22-17)14-6-7-14)23(13-15-4-1-2-10-21-15)16-5-3-9-20-11-8-16;/h1-2,4,10,12,14,16,20H,3,5-9,11,13H2;1H. The lowest BCUT2D eigenvalue weighted by atomic mass is 10.1. The molecule has 1 atom stereocenters. The average Bonchev–Trinajstić information content (AvgIpc) is 3.43. The number of pyridine rings is 1. The summed E-state index contributed by atoms with van der Waals surface area (Å²) < 4.78 is 5.40. The van der Waals surface area contributed by atoms with E-state index in [0.717, 1.165) is 56.6 Å². The number of carbonyl (C=O) groups excluding carboxylic acids is 1. The van der Waals surface area contributed by atoms with Gasteiger partial charge < -0.3 is 14.7 Å². The van der Waals surface area contributed by atoms with Crippen LogP contribution >= 0.6 is 12.4 Å². The van der Waals surface area contributed by atoms with Gasteiger partial charge in [-0.05, 0) is 57.3 Å². The van der Waals surface area contributed by atoms with Crippen molar-refractivity contribution in [2.75, 3.05) is 13.1 Å². The summed E-state index contributed by atoms with van der Waals surface area (Å²) in [7, 11) is 0. The van der Waals surface area contributed by atoms with E-state index in [1.807, 2.05) is 29.2 Å². The first-order valence-electron chi connectivity index (χ1n) is 9.19. The second-order valence-electron chi connectivity index (χ2n) is 6.98. The van der Waals surface area contributed by atoms with E-state index in [0.29, 0.717) is 18.2 Å². The summed E-state index contributed by atoms with van der Waals surface area (Å²) in [6.07, 6.45) is 7.06. The molecule has 2 aromatic rings. The van der Waals surface area contributed by atoms with Gasteiger partial charge >= 0.3 is 0 Å². The number of nitrogens with zero attached hydrogens (tertiary/aromatic N) is 3. The lowest BCUT2D eigenvalue weighted by Gasteiger charge is -2.30. The van der Waals surface area contributed by atoms with Gasteiger partial charge in [-0.25, -0.2) is 0 Å². The topological polar surface area (TPSA) is 71.3 Å². The van der Waals surface area contributed by atoms with Crippen LogP contribution in [0.15, 0.2) is 35.0 Å². The molecule has 7 heteroatoms. The van der Waals surface area contributed by atoms with E-state index in [-0.39, 0.29) is 24.4 Å². The monoisotopic (exact) mass is 376 g/mol. The highest BCUT2D eigenvalue weighted by molar-refractivity contribution is 5.92.